The van der Waals surface area contributed by atoms with E-state index in [2.05, 4.69) is 32.2 Å². The molecular formula is C13H18O. The summed E-state index contributed by atoms with van der Waals surface area (Å²) >= 11 is 0. The van der Waals surface area contributed by atoms with Crippen LogP contribution < -0.4 is 0 Å². The van der Waals surface area contributed by atoms with E-state index in [9.17, 15) is 0 Å². The minimum absolute atomic E-state index is 0.435. The second-order valence-electron chi connectivity index (χ2n) is 3.51. The van der Waals surface area contributed by atoms with Crippen LogP contribution in [0.4, 0.5) is 0 Å². The summed E-state index contributed by atoms with van der Waals surface area (Å²) in [6.45, 7) is 10.9. The van der Waals surface area contributed by atoms with Gasteiger partial charge in [0.15, 0.2) is 0 Å². The highest BCUT2D eigenvalue weighted by molar-refractivity contribution is 5.28. The Bertz CT molecular complexity index is 271. The average molecular weight is 190 g/mol. The molecule has 1 heterocycles. The average Bonchev–Trinajstić information content (AvgIpc) is 2.26. The van der Waals surface area contributed by atoms with Gasteiger partial charge in [-0.05, 0) is 24.5 Å². The monoisotopic (exact) mass is 190 g/mol. The molecule has 0 saturated heterocycles. The minimum Gasteiger partial charge on any atom is -0.501 e. The standard InChI is InChI=1S/C13H18O/c1-4-11(2)5-6-12(3)13-7-9-14-10-8-13/h5-7,9,13H,2-4,8,10H2,1H3/b6-5-. The highest BCUT2D eigenvalue weighted by atomic mass is 16.5. The Morgan fingerprint density at radius 3 is 2.86 bits per heavy atom. The van der Waals surface area contributed by atoms with Gasteiger partial charge in [-0.1, -0.05) is 37.8 Å². The first-order chi connectivity index (χ1) is 6.74. The molecule has 0 spiro atoms. The third kappa shape index (κ3) is 3.25. The van der Waals surface area contributed by atoms with Gasteiger partial charge in [0.2, 0.25) is 0 Å². The Balaban J connectivity index is 2.48. The van der Waals surface area contributed by atoms with E-state index in [0.717, 1.165) is 30.6 Å². The summed E-state index contributed by atoms with van der Waals surface area (Å²) in [6.07, 6.45) is 9.95. The molecule has 1 atom stereocenters. The van der Waals surface area contributed by atoms with Crippen molar-refractivity contribution in [2.45, 2.75) is 19.8 Å². The summed E-state index contributed by atoms with van der Waals surface area (Å²) in [5.41, 5.74) is 2.28. The molecule has 76 valence electrons. The van der Waals surface area contributed by atoms with Crippen molar-refractivity contribution in [2.75, 3.05) is 6.61 Å². The van der Waals surface area contributed by atoms with Gasteiger partial charge < -0.3 is 4.74 Å². The molecule has 1 rings (SSSR count). The van der Waals surface area contributed by atoms with Crippen LogP contribution >= 0.6 is 0 Å². The molecule has 0 aromatic carbocycles. The molecule has 1 aliphatic heterocycles. The molecule has 0 amide bonds. The van der Waals surface area contributed by atoms with Gasteiger partial charge in [-0.2, -0.15) is 0 Å². The fourth-order valence-electron chi connectivity index (χ4n) is 1.28. The van der Waals surface area contributed by atoms with E-state index >= 15 is 0 Å². The van der Waals surface area contributed by atoms with Crippen LogP contribution in [0.25, 0.3) is 0 Å². The third-order valence-electron chi connectivity index (χ3n) is 2.42. The molecule has 0 aliphatic carbocycles. The van der Waals surface area contributed by atoms with Crippen molar-refractivity contribution in [3.63, 3.8) is 0 Å². The molecule has 0 aromatic rings. The van der Waals surface area contributed by atoms with E-state index in [1.165, 1.54) is 0 Å². The van der Waals surface area contributed by atoms with Gasteiger partial charge in [-0.15, -0.1) is 0 Å². The third-order valence-corrected chi connectivity index (χ3v) is 2.42. The molecule has 0 bridgehead atoms. The second-order valence-corrected chi connectivity index (χ2v) is 3.51. The number of rotatable bonds is 4. The second kappa shape index (κ2) is 5.48. The van der Waals surface area contributed by atoms with Crippen molar-refractivity contribution >= 4 is 0 Å². The van der Waals surface area contributed by atoms with Crippen LogP contribution in [0.3, 0.4) is 0 Å². The fraction of sp³-hybridized carbons (Fsp3) is 0.385. The van der Waals surface area contributed by atoms with E-state index in [4.69, 9.17) is 4.74 Å². The lowest BCUT2D eigenvalue weighted by atomic mass is 9.95. The SMILES string of the molecule is C=C(/C=C\C(=C)C1C=COCC1)CC. The zero-order valence-electron chi connectivity index (χ0n) is 8.83. The molecule has 1 heteroatoms. The minimum atomic E-state index is 0.435. The Labute approximate surface area is 86.5 Å². The number of allylic oxidation sites excluding steroid dienone is 5. The molecule has 0 aromatic heterocycles. The first kappa shape index (κ1) is 10.8. The zero-order valence-corrected chi connectivity index (χ0v) is 8.83. The highest BCUT2D eigenvalue weighted by Gasteiger charge is 2.10. The maximum atomic E-state index is 5.13. The van der Waals surface area contributed by atoms with E-state index in [1.807, 2.05) is 6.08 Å². The summed E-state index contributed by atoms with van der Waals surface area (Å²) in [6, 6.07) is 0. The van der Waals surface area contributed by atoms with Crippen LogP contribution in [0.5, 0.6) is 0 Å². The van der Waals surface area contributed by atoms with Gasteiger partial charge in [0.25, 0.3) is 0 Å². The van der Waals surface area contributed by atoms with Crippen molar-refractivity contribution in [1.82, 2.24) is 0 Å². The highest BCUT2D eigenvalue weighted by Crippen LogP contribution is 2.20. The largest absolute Gasteiger partial charge is 0.501 e. The van der Waals surface area contributed by atoms with E-state index in [-0.39, 0.29) is 0 Å². The van der Waals surface area contributed by atoms with Crippen LogP contribution in [0.1, 0.15) is 19.8 Å². The lowest BCUT2D eigenvalue weighted by Gasteiger charge is -2.17. The molecular weight excluding hydrogens is 172 g/mol. The van der Waals surface area contributed by atoms with E-state index in [0.29, 0.717) is 5.92 Å². The van der Waals surface area contributed by atoms with Crippen LogP contribution in [0.15, 0.2) is 48.8 Å². The van der Waals surface area contributed by atoms with Gasteiger partial charge in [0, 0.05) is 5.92 Å². The Morgan fingerprint density at radius 1 is 1.50 bits per heavy atom. The smallest absolute Gasteiger partial charge is 0.0882 e. The summed E-state index contributed by atoms with van der Waals surface area (Å²) in [5, 5.41) is 0. The van der Waals surface area contributed by atoms with Gasteiger partial charge in [0.1, 0.15) is 0 Å². The predicted octanol–water partition coefficient (Wildman–Crippen LogP) is 3.62. The van der Waals surface area contributed by atoms with E-state index < -0.39 is 0 Å². The summed E-state index contributed by atoms with van der Waals surface area (Å²) in [5.74, 6) is 0.435. The summed E-state index contributed by atoms with van der Waals surface area (Å²) in [4.78, 5) is 0. The number of hydrogen-bond donors (Lipinski definition) is 0. The van der Waals surface area contributed by atoms with Gasteiger partial charge in [0.05, 0.1) is 12.9 Å². The molecule has 1 nitrogen and oxygen atoms in total. The molecule has 0 saturated carbocycles. The maximum absolute atomic E-state index is 5.13. The molecule has 0 radical (unpaired) electrons. The van der Waals surface area contributed by atoms with Crippen molar-refractivity contribution < 1.29 is 4.74 Å². The topological polar surface area (TPSA) is 9.23 Å². The lowest BCUT2D eigenvalue weighted by molar-refractivity contribution is 0.216. The molecule has 1 aliphatic rings. The predicted molar refractivity (Wildman–Crippen MR) is 60.9 cm³/mol. The Morgan fingerprint density at radius 2 is 2.29 bits per heavy atom. The van der Waals surface area contributed by atoms with Crippen molar-refractivity contribution in [3.8, 4) is 0 Å². The lowest BCUT2D eigenvalue weighted by Crippen LogP contribution is -2.07. The van der Waals surface area contributed by atoms with Crippen LogP contribution in [-0.2, 0) is 4.74 Å². The van der Waals surface area contributed by atoms with Crippen LogP contribution in [0.2, 0.25) is 0 Å². The van der Waals surface area contributed by atoms with Crippen LogP contribution in [0, 0.1) is 5.92 Å². The van der Waals surface area contributed by atoms with Crippen molar-refractivity contribution in [3.05, 3.63) is 48.8 Å². The summed E-state index contributed by atoms with van der Waals surface area (Å²) < 4.78 is 5.13. The Kier molecular flexibility index (Phi) is 4.24. The quantitative estimate of drug-likeness (QED) is 0.615. The number of hydrogen-bond acceptors (Lipinski definition) is 1. The van der Waals surface area contributed by atoms with Gasteiger partial charge in [-0.25, -0.2) is 0 Å². The van der Waals surface area contributed by atoms with Gasteiger partial charge in [-0.3, -0.25) is 0 Å². The molecule has 14 heavy (non-hydrogen) atoms. The molecule has 0 N–H and O–H groups in total. The first-order valence-corrected chi connectivity index (χ1v) is 5.07. The normalized spacial score (nSPS) is 20.8. The Hall–Kier alpha value is -1.24. The van der Waals surface area contributed by atoms with Gasteiger partial charge >= 0.3 is 0 Å². The van der Waals surface area contributed by atoms with Crippen molar-refractivity contribution in [1.29, 1.82) is 0 Å². The van der Waals surface area contributed by atoms with E-state index in [1.54, 1.807) is 6.26 Å². The van der Waals surface area contributed by atoms with Crippen molar-refractivity contribution in [2.24, 2.45) is 5.92 Å². The maximum Gasteiger partial charge on any atom is 0.0882 e. The van der Waals surface area contributed by atoms with Crippen LogP contribution in [-0.4, -0.2) is 6.61 Å². The zero-order chi connectivity index (χ0) is 10.4. The first-order valence-electron chi connectivity index (χ1n) is 5.07. The molecule has 0 fully saturated rings. The number of ether oxygens (including phenoxy) is 1. The summed E-state index contributed by atoms with van der Waals surface area (Å²) in [7, 11) is 0. The molecule has 1 unspecified atom stereocenters. The fourth-order valence-corrected chi connectivity index (χ4v) is 1.28.